The molecule has 1 atom stereocenters. The van der Waals surface area contributed by atoms with Crippen molar-refractivity contribution in [3.63, 3.8) is 0 Å². The van der Waals surface area contributed by atoms with Gasteiger partial charge in [-0.25, -0.2) is 0 Å². The van der Waals surface area contributed by atoms with E-state index in [9.17, 15) is 9.59 Å². The molecule has 2 heterocycles. The normalized spacial score (nSPS) is 19.9. The number of pyridine rings is 1. The summed E-state index contributed by atoms with van der Waals surface area (Å²) in [6, 6.07) is 3.01. The molecule has 1 aromatic rings. The molecular weight excluding hydrogens is 222 g/mol. The number of hydrogen-bond acceptors (Lipinski definition) is 5. The van der Waals surface area contributed by atoms with Crippen LogP contribution in [-0.4, -0.2) is 27.9 Å². The quantitative estimate of drug-likeness (QED) is 0.631. The van der Waals surface area contributed by atoms with Crippen LogP contribution in [0.4, 0.5) is 5.69 Å². The van der Waals surface area contributed by atoms with Gasteiger partial charge in [0.15, 0.2) is 0 Å². The highest BCUT2D eigenvalue weighted by Crippen LogP contribution is 2.13. The summed E-state index contributed by atoms with van der Waals surface area (Å²) < 4.78 is 0. The van der Waals surface area contributed by atoms with Gasteiger partial charge < -0.3 is 10.4 Å². The van der Waals surface area contributed by atoms with Crippen molar-refractivity contribution >= 4 is 17.5 Å². The number of carbonyl (C=O) groups is 2. The van der Waals surface area contributed by atoms with Crippen LogP contribution in [0.2, 0.25) is 0 Å². The Balaban J connectivity index is 2.00. The Hall–Kier alpha value is -1.95. The monoisotopic (exact) mass is 235 g/mol. The summed E-state index contributed by atoms with van der Waals surface area (Å²) in [6.07, 6.45) is 2.37. The molecule has 0 radical (unpaired) electrons. The summed E-state index contributed by atoms with van der Waals surface area (Å²) >= 11 is 0. The molecule has 0 aromatic carbocycles. The number of rotatable bonds is 3. The average molecular weight is 235 g/mol. The molecule has 2 amide bonds. The molecule has 0 spiro atoms. The Morgan fingerprint density at radius 3 is 2.88 bits per heavy atom. The van der Waals surface area contributed by atoms with E-state index in [1.165, 1.54) is 0 Å². The molecular formula is C11H13N3O3. The zero-order valence-electron chi connectivity index (χ0n) is 9.14. The first-order valence-corrected chi connectivity index (χ1v) is 5.35. The minimum atomic E-state index is -0.408. The molecule has 90 valence electrons. The molecule has 3 N–H and O–H groups in total. The maximum Gasteiger partial charge on any atom is 0.249 e. The minimum Gasteiger partial charge on any atom is -0.390 e. The Labute approximate surface area is 98.1 Å². The second kappa shape index (κ2) is 4.92. The third kappa shape index (κ3) is 2.79. The molecule has 1 saturated heterocycles. The predicted octanol–water partition coefficient (Wildman–Crippen LogP) is -0.209. The summed E-state index contributed by atoms with van der Waals surface area (Å²) in [5.74, 6) is -0.547. The fraction of sp³-hybridized carbons (Fsp3) is 0.364. The molecule has 1 aliphatic rings. The van der Waals surface area contributed by atoms with Gasteiger partial charge in [0.05, 0.1) is 24.2 Å². The van der Waals surface area contributed by atoms with Crippen LogP contribution in [0.15, 0.2) is 18.3 Å². The molecule has 6 nitrogen and oxygen atoms in total. The lowest BCUT2D eigenvalue weighted by molar-refractivity contribution is -0.133. The number of carbonyl (C=O) groups excluding carboxylic acids is 2. The molecule has 2 rings (SSSR count). The lowest BCUT2D eigenvalue weighted by Crippen LogP contribution is -2.47. The van der Waals surface area contributed by atoms with Crippen molar-refractivity contribution in [3.05, 3.63) is 24.0 Å². The lowest BCUT2D eigenvalue weighted by Gasteiger charge is -2.22. The molecule has 1 unspecified atom stereocenters. The molecule has 0 bridgehead atoms. The van der Waals surface area contributed by atoms with Crippen LogP contribution in [-0.2, 0) is 16.2 Å². The Bertz CT molecular complexity index is 430. The highest BCUT2D eigenvalue weighted by Gasteiger charge is 2.26. The van der Waals surface area contributed by atoms with E-state index < -0.39 is 6.04 Å². The third-order valence-electron chi connectivity index (χ3n) is 2.57. The van der Waals surface area contributed by atoms with Gasteiger partial charge in [-0.05, 0) is 18.6 Å². The maximum atomic E-state index is 11.5. The number of imide groups is 1. The summed E-state index contributed by atoms with van der Waals surface area (Å²) in [5.41, 5.74) is 1.26. The van der Waals surface area contributed by atoms with E-state index in [2.05, 4.69) is 15.6 Å². The zero-order valence-corrected chi connectivity index (χ0v) is 9.14. The highest BCUT2D eigenvalue weighted by molar-refractivity contribution is 6.01. The summed E-state index contributed by atoms with van der Waals surface area (Å²) in [4.78, 5) is 26.4. The zero-order chi connectivity index (χ0) is 12.3. The smallest absolute Gasteiger partial charge is 0.249 e. The first-order valence-electron chi connectivity index (χ1n) is 5.35. The molecule has 1 aliphatic heterocycles. The van der Waals surface area contributed by atoms with Crippen LogP contribution < -0.4 is 10.6 Å². The van der Waals surface area contributed by atoms with Crippen LogP contribution in [0.3, 0.4) is 0 Å². The summed E-state index contributed by atoms with van der Waals surface area (Å²) in [6.45, 7) is -0.112. The van der Waals surface area contributed by atoms with E-state index in [0.29, 0.717) is 24.2 Å². The van der Waals surface area contributed by atoms with Crippen molar-refractivity contribution in [1.29, 1.82) is 0 Å². The first-order chi connectivity index (χ1) is 8.19. The molecule has 6 heteroatoms. The van der Waals surface area contributed by atoms with Crippen molar-refractivity contribution in [2.45, 2.75) is 25.5 Å². The number of amides is 2. The maximum absolute atomic E-state index is 11.5. The van der Waals surface area contributed by atoms with Crippen molar-refractivity contribution in [2.75, 3.05) is 5.32 Å². The van der Waals surface area contributed by atoms with Gasteiger partial charge in [0, 0.05) is 6.42 Å². The van der Waals surface area contributed by atoms with Crippen molar-refractivity contribution in [3.8, 4) is 0 Å². The summed E-state index contributed by atoms with van der Waals surface area (Å²) in [5, 5.41) is 14.1. The third-order valence-corrected chi connectivity index (χ3v) is 2.57. The van der Waals surface area contributed by atoms with Crippen LogP contribution >= 0.6 is 0 Å². The number of aliphatic hydroxyl groups excluding tert-OH is 1. The summed E-state index contributed by atoms with van der Waals surface area (Å²) in [7, 11) is 0. The Kier molecular flexibility index (Phi) is 3.34. The van der Waals surface area contributed by atoms with Gasteiger partial charge in [-0.3, -0.25) is 19.9 Å². The number of piperidine rings is 1. The molecule has 1 aromatic heterocycles. The molecule has 1 fully saturated rings. The largest absolute Gasteiger partial charge is 0.390 e. The van der Waals surface area contributed by atoms with Crippen molar-refractivity contribution in [1.82, 2.24) is 10.3 Å². The van der Waals surface area contributed by atoms with Gasteiger partial charge in [-0.1, -0.05) is 0 Å². The second-order valence-corrected chi connectivity index (χ2v) is 3.84. The van der Waals surface area contributed by atoms with Gasteiger partial charge >= 0.3 is 0 Å². The van der Waals surface area contributed by atoms with Gasteiger partial charge in [0.2, 0.25) is 11.8 Å². The number of nitrogens with zero attached hydrogens (tertiary/aromatic N) is 1. The number of nitrogens with one attached hydrogen (secondary N) is 2. The van der Waals surface area contributed by atoms with E-state index in [0.717, 1.165) is 0 Å². The lowest BCUT2D eigenvalue weighted by atomic mass is 10.1. The number of aromatic nitrogens is 1. The minimum absolute atomic E-state index is 0.112. The van der Waals surface area contributed by atoms with Crippen LogP contribution in [0.25, 0.3) is 0 Å². The van der Waals surface area contributed by atoms with E-state index in [4.69, 9.17) is 5.11 Å². The first kappa shape index (κ1) is 11.5. The average Bonchev–Trinajstić information content (AvgIpc) is 2.34. The predicted molar refractivity (Wildman–Crippen MR) is 60.0 cm³/mol. The number of anilines is 1. The fourth-order valence-corrected chi connectivity index (χ4v) is 1.64. The van der Waals surface area contributed by atoms with Crippen molar-refractivity contribution in [2.24, 2.45) is 0 Å². The van der Waals surface area contributed by atoms with E-state index in [-0.39, 0.29) is 18.4 Å². The number of hydrogen-bond donors (Lipinski definition) is 3. The molecule has 17 heavy (non-hydrogen) atoms. The van der Waals surface area contributed by atoms with Gasteiger partial charge in [-0.15, -0.1) is 0 Å². The van der Waals surface area contributed by atoms with Crippen LogP contribution in [0, 0.1) is 0 Å². The molecule has 0 aliphatic carbocycles. The second-order valence-electron chi connectivity index (χ2n) is 3.84. The van der Waals surface area contributed by atoms with E-state index in [1.807, 2.05) is 0 Å². The number of aliphatic hydroxyl groups is 1. The Morgan fingerprint density at radius 2 is 2.29 bits per heavy atom. The van der Waals surface area contributed by atoms with Gasteiger partial charge in [-0.2, -0.15) is 0 Å². The van der Waals surface area contributed by atoms with Gasteiger partial charge in [0.25, 0.3) is 0 Å². The van der Waals surface area contributed by atoms with E-state index >= 15 is 0 Å². The Morgan fingerprint density at radius 1 is 1.47 bits per heavy atom. The standard InChI is InChI=1S/C11H13N3O3/c15-6-8-2-1-7(5-12-8)13-9-3-4-10(16)14-11(9)17/h1-2,5,9,13,15H,3-4,6H2,(H,14,16,17). The van der Waals surface area contributed by atoms with Crippen LogP contribution in [0.5, 0.6) is 0 Å². The van der Waals surface area contributed by atoms with Crippen LogP contribution in [0.1, 0.15) is 18.5 Å². The SMILES string of the molecule is O=C1CCC(Nc2ccc(CO)nc2)C(=O)N1. The van der Waals surface area contributed by atoms with Crippen molar-refractivity contribution < 1.29 is 14.7 Å². The molecule has 0 saturated carbocycles. The topological polar surface area (TPSA) is 91.3 Å². The fourth-order valence-electron chi connectivity index (χ4n) is 1.64. The highest BCUT2D eigenvalue weighted by atomic mass is 16.3. The van der Waals surface area contributed by atoms with Gasteiger partial charge in [0.1, 0.15) is 6.04 Å². The van der Waals surface area contributed by atoms with E-state index in [1.54, 1.807) is 18.3 Å².